The van der Waals surface area contributed by atoms with Crippen LogP contribution < -0.4 is 5.32 Å². The van der Waals surface area contributed by atoms with Crippen LogP contribution in [0.25, 0.3) is 0 Å². The monoisotopic (exact) mass is 180 g/mol. The fraction of sp³-hybridized carbons (Fsp3) is 1.00. The lowest BCUT2D eigenvalue weighted by atomic mass is 10.0. The van der Waals surface area contributed by atoms with Crippen molar-refractivity contribution in [3.63, 3.8) is 0 Å². The molecular formula is C11H20N2. The van der Waals surface area contributed by atoms with E-state index in [4.69, 9.17) is 0 Å². The minimum atomic E-state index is 0.870. The maximum atomic E-state index is 3.39. The largest absolute Gasteiger partial charge is 0.314 e. The van der Waals surface area contributed by atoms with E-state index in [0.29, 0.717) is 0 Å². The maximum Gasteiger partial charge on any atom is 0.0348 e. The van der Waals surface area contributed by atoms with Crippen LogP contribution in [0.5, 0.6) is 0 Å². The first-order valence-electron chi connectivity index (χ1n) is 5.86. The highest BCUT2D eigenvalue weighted by Gasteiger charge is 2.51. The molecule has 0 aromatic carbocycles. The van der Waals surface area contributed by atoms with Crippen molar-refractivity contribution in [2.75, 3.05) is 19.6 Å². The lowest BCUT2D eigenvalue weighted by Gasteiger charge is -2.42. The van der Waals surface area contributed by atoms with Crippen LogP contribution >= 0.6 is 0 Å². The first-order chi connectivity index (χ1) is 6.40. The number of likely N-dealkylation sites (N-methyl/N-ethyl adjacent to an activating group) is 1. The molecule has 13 heavy (non-hydrogen) atoms. The first-order valence-corrected chi connectivity index (χ1v) is 5.86. The number of fused-ring (bicyclic) bond motifs is 1. The van der Waals surface area contributed by atoms with Crippen molar-refractivity contribution in [1.82, 2.24) is 10.2 Å². The second-order valence-corrected chi connectivity index (χ2v) is 4.95. The number of hydrogen-bond acceptors (Lipinski definition) is 2. The predicted molar refractivity (Wildman–Crippen MR) is 53.7 cm³/mol. The minimum Gasteiger partial charge on any atom is -0.314 e. The third-order valence-electron chi connectivity index (χ3n) is 4.32. The van der Waals surface area contributed by atoms with Crippen molar-refractivity contribution in [3.8, 4) is 0 Å². The third-order valence-corrected chi connectivity index (χ3v) is 4.32. The van der Waals surface area contributed by atoms with Crippen LogP contribution in [-0.2, 0) is 0 Å². The Morgan fingerprint density at radius 1 is 1.31 bits per heavy atom. The normalized spacial score (nSPS) is 43.4. The number of hydrogen-bond donors (Lipinski definition) is 1. The van der Waals surface area contributed by atoms with Crippen LogP contribution in [-0.4, -0.2) is 36.6 Å². The molecule has 74 valence electrons. The van der Waals surface area contributed by atoms with Gasteiger partial charge < -0.3 is 5.32 Å². The molecule has 2 saturated carbocycles. The van der Waals surface area contributed by atoms with Gasteiger partial charge in [-0.05, 0) is 37.6 Å². The molecule has 1 saturated heterocycles. The van der Waals surface area contributed by atoms with Crippen LogP contribution in [0, 0.1) is 11.8 Å². The van der Waals surface area contributed by atoms with Gasteiger partial charge in [0.25, 0.3) is 0 Å². The van der Waals surface area contributed by atoms with Gasteiger partial charge in [0.2, 0.25) is 0 Å². The zero-order valence-corrected chi connectivity index (χ0v) is 8.50. The summed E-state index contributed by atoms with van der Waals surface area (Å²) in [6.45, 7) is 6.07. The number of nitrogens with zero attached hydrogens (tertiary/aromatic N) is 1. The van der Waals surface area contributed by atoms with Crippen molar-refractivity contribution in [2.24, 2.45) is 11.8 Å². The Kier molecular flexibility index (Phi) is 1.88. The highest BCUT2D eigenvalue weighted by molar-refractivity contribution is 5.04. The average molecular weight is 180 g/mol. The summed E-state index contributed by atoms with van der Waals surface area (Å²) in [5.74, 6) is 2.23. The quantitative estimate of drug-likeness (QED) is 0.699. The molecule has 1 heterocycles. The van der Waals surface area contributed by atoms with Gasteiger partial charge >= 0.3 is 0 Å². The Bertz CT molecular complexity index is 200. The lowest BCUT2D eigenvalue weighted by Crippen LogP contribution is -2.59. The second kappa shape index (κ2) is 2.96. The van der Waals surface area contributed by atoms with Crippen LogP contribution in [0.4, 0.5) is 0 Å². The Balaban J connectivity index is 1.66. The van der Waals surface area contributed by atoms with E-state index in [1.807, 2.05) is 0 Å². The van der Waals surface area contributed by atoms with E-state index in [-0.39, 0.29) is 0 Å². The van der Waals surface area contributed by atoms with Crippen LogP contribution in [0.1, 0.15) is 26.2 Å². The molecule has 3 fully saturated rings. The van der Waals surface area contributed by atoms with Crippen LogP contribution in [0.15, 0.2) is 0 Å². The molecule has 0 amide bonds. The molecule has 0 aromatic heterocycles. The molecule has 3 unspecified atom stereocenters. The summed E-state index contributed by atoms with van der Waals surface area (Å²) in [4.78, 5) is 2.77. The van der Waals surface area contributed by atoms with E-state index >= 15 is 0 Å². The SMILES string of the molecule is CCN(C1CNC1)C1CCC2CC21. The lowest BCUT2D eigenvalue weighted by molar-refractivity contribution is 0.0924. The molecule has 3 atom stereocenters. The highest BCUT2D eigenvalue weighted by atomic mass is 15.3. The van der Waals surface area contributed by atoms with Crippen molar-refractivity contribution >= 4 is 0 Å². The Morgan fingerprint density at radius 3 is 2.54 bits per heavy atom. The Hall–Kier alpha value is -0.0800. The van der Waals surface area contributed by atoms with E-state index in [1.165, 1.54) is 32.5 Å². The van der Waals surface area contributed by atoms with Gasteiger partial charge in [0.05, 0.1) is 0 Å². The van der Waals surface area contributed by atoms with Crippen molar-refractivity contribution < 1.29 is 0 Å². The molecule has 0 radical (unpaired) electrons. The fourth-order valence-electron chi connectivity index (χ4n) is 3.36. The summed E-state index contributed by atoms with van der Waals surface area (Å²) >= 11 is 0. The van der Waals surface area contributed by atoms with Crippen molar-refractivity contribution in [3.05, 3.63) is 0 Å². The van der Waals surface area contributed by atoms with Gasteiger partial charge in [-0.15, -0.1) is 0 Å². The summed E-state index contributed by atoms with van der Waals surface area (Å²) in [6.07, 6.45) is 4.55. The molecule has 1 N–H and O–H groups in total. The van der Waals surface area contributed by atoms with Crippen LogP contribution in [0.2, 0.25) is 0 Å². The maximum absolute atomic E-state index is 3.39. The summed E-state index contributed by atoms with van der Waals surface area (Å²) < 4.78 is 0. The summed E-state index contributed by atoms with van der Waals surface area (Å²) in [5, 5.41) is 3.39. The van der Waals surface area contributed by atoms with E-state index in [2.05, 4.69) is 17.1 Å². The molecule has 3 rings (SSSR count). The second-order valence-electron chi connectivity index (χ2n) is 4.95. The molecule has 0 spiro atoms. The Labute approximate surface area is 80.7 Å². The summed E-state index contributed by atoms with van der Waals surface area (Å²) in [6, 6.07) is 1.83. The standard InChI is InChI=1S/C11H20N2/c1-2-13(9-6-12-7-9)11-4-3-8-5-10(8)11/h8-12H,2-7H2,1H3. The van der Waals surface area contributed by atoms with Gasteiger partial charge in [0.15, 0.2) is 0 Å². The summed E-state index contributed by atoms with van der Waals surface area (Å²) in [5.41, 5.74) is 0. The highest BCUT2D eigenvalue weighted by Crippen LogP contribution is 2.53. The molecule has 2 aliphatic carbocycles. The zero-order chi connectivity index (χ0) is 8.84. The predicted octanol–water partition coefficient (Wildman–Crippen LogP) is 1.08. The molecule has 0 aromatic rings. The molecule has 0 bridgehead atoms. The van der Waals surface area contributed by atoms with Crippen molar-refractivity contribution in [2.45, 2.75) is 38.3 Å². The van der Waals surface area contributed by atoms with Gasteiger partial charge in [0.1, 0.15) is 0 Å². The van der Waals surface area contributed by atoms with Crippen LogP contribution in [0.3, 0.4) is 0 Å². The fourth-order valence-corrected chi connectivity index (χ4v) is 3.36. The van der Waals surface area contributed by atoms with Gasteiger partial charge in [0, 0.05) is 25.2 Å². The molecule has 1 aliphatic heterocycles. The van der Waals surface area contributed by atoms with Gasteiger partial charge in [-0.1, -0.05) is 6.92 Å². The third kappa shape index (κ3) is 1.23. The first kappa shape index (κ1) is 8.25. The topological polar surface area (TPSA) is 15.3 Å². The summed E-state index contributed by atoms with van der Waals surface area (Å²) in [7, 11) is 0. The zero-order valence-electron chi connectivity index (χ0n) is 8.50. The van der Waals surface area contributed by atoms with E-state index in [0.717, 1.165) is 23.9 Å². The minimum absolute atomic E-state index is 0.870. The number of rotatable bonds is 3. The Morgan fingerprint density at radius 2 is 2.15 bits per heavy atom. The van der Waals surface area contributed by atoms with Gasteiger partial charge in [-0.2, -0.15) is 0 Å². The average Bonchev–Trinajstić information content (AvgIpc) is 2.72. The molecular weight excluding hydrogens is 160 g/mol. The van der Waals surface area contributed by atoms with E-state index in [1.54, 1.807) is 6.42 Å². The van der Waals surface area contributed by atoms with E-state index < -0.39 is 0 Å². The number of nitrogens with one attached hydrogen (secondary N) is 1. The van der Waals surface area contributed by atoms with Gasteiger partial charge in [-0.3, -0.25) is 4.90 Å². The smallest absolute Gasteiger partial charge is 0.0348 e. The molecule has 2 nitrogen and oxygen atoms in total. The van der Waals surface area contributed by atoms with Crippen molar-refractivity contribution in [1.29, 1.82) is 0 Å². The molecule has 2 heteroatoms. The van der Waals surface area contributed by atoms with E-state index in [9.17, 15) is 0 Å². The molecule has 3 aliphatic rings. The van der Waals surface area contributed by atoms with Gasteiger partial charge in [-0.25, -0.2) is 0 Å².